The maximum absolute atomic E-state index is 13.3. The van der Waals surface area contributed by atoms with Crippen molar-refractivity contribution in [2.45, 2.75) is 324 Å². The zero-order valence-electron chi connectivity index (χ0n) is 93.4. The molecule has 0 aliphatic heterocycles. The maximum Gasteiger partial charge on any atom is 1.00 e. The van der Waals surface area contributed by atoms with Gasteiger partial charge in [-0.1, -0.05) is 269 Å². The second-order valence-electron chi connectivity index (χ2n) is 43.5. The number of aromatic nitrogens is 6. The summed E-state index contributed by atoms with van der Waals surface area (Å²) >= 11 is 0. The van der Waals surface area contributed by atoms with Gasteiger partial charge in [0.05, 0.1) is 45.6 Å². The van der Waals surface area contributed by atoms with Crippen LogP contribution in [0.1, 0.15) is 363 Å². The van der Waals surface area contributed by atoms with E-state index in [2.05, 4.69) is 296 Å². The van der Waals surface area contributed by atoms with Crippen LogP contribution >= 0.6 is 0 Å². The topological polar surface area (TPSA) is 184 Å². The van der Waals surface area contributed by atoms with Crippen LogP contribution in [0, 0.1) is 165 Å². The molecule has 0 saturated heterocycles. The van der Waals surface area contributed by atoms with Crippen molar-refractivity contribution in [3.05, 3.63) is 358 Å². The zero-order chi connectivity index (χ0) is 104. The molecule has 0 amide bonds. The number of aromatic amines is 3. The summed E-state index contributed by atoms with van der Waals surface area (Å²) in [5.74, 6) is -0.179. The monoisotopic (exact) mass is 1950 g/mol. The van der Waals surface area contributed by atoms with E-state index in [9.17, 15) is 24.0 Å². The first-order chi connectivity index (χ1) is 66.2. The number of rotatable bonds is 12. The molecule has 14 aromatic rings. The molecule has 1 unspecified atom stereocenters. The molecule has 0 saturated carbocycles. The number of ketones is 3. The van der Waals surface area contributed by atoms with Crippen LogP contribution in [-0.2, 0) is 33.6 Å². The SMILES string of the molecule is C.C.C.CCCC.CCN(C)Cc1ccc(-c2n[nH]c3c2C(C)(C)c2c(C)c(C)c(C)c(C)c2-3)cc1.Cc1c(C)c(C)c2c(c1C)-c1[nH]nc(-c3ccc(C=O)cc3)c1C2(C)C.Cc1c(C)c(C)c2c(c1C)C(=O)CC2(C)C.Cc1ccc(-c2n[nH]c3c2C(C)(C)c2c(C)c(C)c(C)c(C)c2-3)cc1.Cc1ccc(C(=O)C2C(=O)c3c(C)c(C)c(C)c(C)c3C2(C)C)cc1.Cc1ccc(C(=O)Oc2ccccc2)cc1.[H-].[Na+]. The quantitative estimate of drug-likeness (QED) is 0.0266. The molecular formula is C131H164N7NaO6. The molecule has 760 valence electrons. The molecule has 3 heterocycles. The van der Waals surface area contributed by atoms with Gasteiger partial charge < -0.3 is 11.1 Å². The van der Waals surface area contributed by atoms with Crippen molar-refractivity contribution in [3.8, 4) is 73.3 Å². The Morgan fingerprint density at radius 3 is 1.02 bits per heavy atom. The van der Waals surface area contributed by atoms with Crippen LogP contribution in [-0.4, -0.2) is 78.7 Å². The first kappa shape index (κ1) is 117. The standard InChI is InChI=1S/C26H33N3.C23H24N2O.C23H26N2.C23H26O2.C15H20O.C14H12O2.C4H10.3CH4.Na.H/c1-9-29(8)14-19-10-12-20(13-11-19)24-23-25(28-27-24)21-17(4)15(2)16(3)18(5)22(21)26(23,6)7;1-12-13(2)15(4)19-18(14(12)3)22-20(23(19,5)6)21(24-25-22)17-9-7-16(11-26)8-10-17;1-12-8-10-17(11-9-12)21-20-22(25-24-21)18-15(4)13(2)14(3)16(5)19(18)23(20,6)7;1-12-8-10-17(11-9-12)21(24)20-22(25)18-15(4)13(2)14(3)16(5)19(18)23(20,6)7;1-8-9(2)11(4)14-13(10(8)3)12(16)7-15(14,5)6;1-11-7-9-12(10-8-11)14(15)16-13-5-3-2-4-6-13;1-3-4-2;;;;;/h10-13H,9,14H2,1-8H3,(H,27,28);7-11H,1-6H3,(H,24,25);8-11H,1-7H3,(H,24,25);8-11,20H,1-7H3;7H2,1-6H3;2-10H,1H3;3-4H2,1-2H3;3*1H4;;/q;;;;;;;;;;+1;-1. The van der Waals surface area contributed by atoms with Crippen molar-refractivity contribution < 1.29 is 59.7 Å². The summed E-state index contributed by atoms with van der Waals surface area (Å²) in [6.45, 7) is 80.7. The number of Topliss-reactive ketones (excluding diaryl/α,β-unsaturated/α-hetero) is 3. The van der Waals surface area contributed by atoms with Gasteiger partial charge >= 0.3 is 35.5 Å². The van der Waals surface area contributed by atoms with Crippen molar-refractivity contribution in [3.63, 3.8) is 0 Å². The van der Waals surface area contributed by atoms with Gasteiger partial charge in [-0.15, -0.1) is 0 Å². The number of carbonyl (C=O) groups is 5. The van der Waals surface area contributed by atoms with Gasteiger partial charge in [-0.3, -0.25) is 34.5 Å². The minimum Gasteiger partial charge on any atom is -1.00 e. The molecule has 0 fully saturated rings. The van der Waals surface area contributed by atoms with E-state index in [4.69, 9.17) is 14.9 Å². The Morgan fingerprint density at radius 2 is 0.676 bits per heavy atom. The van der Waals surface area contributed by atoms with Gasteiger partial charge in [0.15, 0.2) is 17.3 Å². The van der Waals surface area contributed by atoms with Gasteiger partial charge in [0.25, 0.3) is 0 Å². The van der Waals surface area contributed by atoms with Crippen molar-refractivity contribution in [1.29, 1.82) is 0 Å². The third-order valence-corrected chi connectivity index (χ3v) is 32.9. The molecule has 5 aliphatic carbocycles. The third kappa shape index (κ3) is 21.2. The van der Waals surface area contributed by atoms with E-state index in [-0.39, 0.29) is 92.5 Å². The number of carbonyl (C=O) groups excluding carboxylic acids is 5. The number of H-pyrrole nitrogens is 3. The van der Waals surface area contributed by atoms with Gasteiger partial charge in [0.2, 0.25) is 0 Å². The zero-order valence-corrected chi connectivity index (χ0v) is 94.4. The molecule has 11 aromatic carbocycles. The summed E-state index contributed by atoms with van der Waals surface area (Å²) in [5.41, 5.74) is 58.9. The number of unbranched alkanes of at least 4 members (excludes halogenated alkanes) is 1. The van der Waals surface area contributed by atoms with E-state index in [0.29, 0.717) is 34.6 Å². The summed E-state index contributed by atoms with van der Waals surface area (Å²) in [6.07, 6.45) is 4.17. The number of aldehydes is 1. The van der Waals surface area contributed by atoms with Gasteiger partial charge in [-0.05, 0) is 347 Å². The molecule has 5 aliphatic rings. The molecular weight excluding hydrogens is 1790 g/mol. The molecule has 0 spiro atoms. The van der Waals surface area contributed by atoms with E-state index < -0.39 is 11.3 Å². The Kier molecular flexibility index (Phi) is 36.4. The molecule has 0 bridgehead atoms. The number of nitrogens with one attached hydrogen (secondary N) is 3. The average molecular weight is 1960 g/mol. The van der Waals surface area contributed by atoms with E-state index in [1.165, 1.54) is 197 Å². The van der Waals surface area contributed by atoms with Crippen molar-refractivity contribution in [2.75, 3.05) is 13.6 Å². The van der Waals surface area contributed by atoms with Crippen LogP contribution in [0.2, 0.25) is 0 Å². The smallest absolute Gasteiger partial charge is 1.00 e. The molecule has 13 nitrogen and oxygen atoms in total. The molecule has 3 N–H and O–H groups in total. The fourth-order valence-corrected chi connectivity index (χ4v) is 23.0. The predicted octanol–water partition coefficient (Wildman–Crippen LogP) is 30.5. The van der Waals surface area contributed by atoms with E-state index in [1.807, 2.05) is 113 Å². The first-order valence-corrected chi connectivity index (χ1v) is 50.5. The first-order valence-electron chi connectivity index (χ1n) is 50.5. The molecule has 19 rings (SSSR count). The average Bonchev–Trinajstić information content (AvgIpc) is 1.54. The van der Waals surface area contributed by atoms with Crippen molar-refractivity contribution in [1.82, 2.24) is 35.5 Å². The predicted molar refractivity (Wildman–Crippen MR) is 607 cm³/mol. The summed E-state index contributed by atoms with van der Waals surface area (Å²) < 4.78 is 5.20. The summed E-state index contributed by atoms with van der Waals surface area (Å²) in [4.78, 5) is 63.6. The largest absolute Gasteiger partial charge is 1.00 e. The minimum absolute atomic E-state index is 0. The maximum atomic E-state index is 13.3. The Bertz CT molecular complexity index is 7250. The van der Waals surface area contributed by atoms with Gasteiger partial charge in [-0.25, -0.2) is 4.79 Å². The van der Waals surface area contributed by atoms with E-state index in [1.54, 1.807) is 24.3 Å². The van der Waals surface area contributed by atoms with Crippen LogP contribution in [0.3, 0.4) is 0 Å². The normalized spacial score (nSPS) is 14.3. The number of esters is 1. The molecule has 14 heteroatoms. The fourth-order valence-electron chi connectivity index (χ4n) is 23.0. The number of hydrogen-bond acceptors (Lipinski definition) is 10. The number of aryl methyl sites for hydroxylation is 3. The number of ether oxygens (including phenoxy) is 1. The number of para-hydroxylation sites is 1. The van der Waals surface area contributed by atoms with E-state index >= 15 is 0 Å². The third-order valence-electron chi connectivity index (χ3n) is 32.9. The minimum atomic E-state index is -0.649. The Morgan fingerprint density at radius 1 is 0.372 bits per heavy atom. The number of fused-ring (bicyclic) bond motifs is 11. The van der Waals surface area contributed by atoms with Crippen LogP contribution in [0.5, 0.6) is 5.75 Å². The fraction of sp³-hybridized carbons (Fsp3) is 0.389. The number of benzene rings is 11. The second-order valence-corrected chi connectivity index (χ2v) is 43.5. The number of nitrogens with zero attached hydrogens (tertiary/aromatic N) is 4. The molecule has 145 heavy (non-hydrogen) atoms. The summed E-state index contributed by atoms with van der Waals surface area (Å²) in [5, 5.41) is 24.3. The van der Waals surface area contributed by atoms with E-state index in [0.717, 1.165) is 92.2 Å². The van der Waals surface area contributed by atoms with Crippen molar-refractivity contribution >= 4 is 29.6 Å². The summed E-state index contributed by atoms with van der Waals surface area (Å²) in [6, 6.07) is 49.2. The van der Waals surface area contributed by atoms with Crippen molar-refractivity contribution in [2.24, 2.45) is 5.92 Å². The van der Waals surface area contributed by atoms with Crippen LogP contribution in [0.4, 0.5) is 0 Å². The van der Waals surface area contributed by atoms with Gasteiger partial charge in [0, 0.05) is 107 Å². The van der Waals surface area contributed by atoms with Crippen LogP contribution < -0.4 is 34.3 Å². The Labute approximate surface area is 892 Å². The van der Waals surface area contributed by atoms with Gasteiger partial charge in [0.1, 0.15) is 12.0 Å². The summed E-state index contributed by atoms with van der Waals surface area (Å²) in [7, 11) is 2.16. The number of hydrogen-bond donors (Lipinski definition) is 3. The van der Waals surface area contributed by atoms with Crippen LogP contribution in [0.25, 0.3) is 67.5 Å². The second kappa shape index (κ2) is 45.2. The Balaban J connectivity index is 0.000000213. The molecule has 0 radical (unpaired) electrons. The van der Waals surface area contributed by atoms with Gasteiger partial charge in [-0.2, -0.15) is 15.3 Å². The Hall–Kier alpha value is -11.8. The molecule has 1 atom stereocenters. The van der Waals surface area contributed by atoms with Crippen LogP contribution in [0.15, 0.2) is 152 Å². The molecule has 3 aromatic heterocycles.